The Bertz CT molecular complexity index is 958. The van der Waals surface area contributed by atoms with Crippen LogP contribution in [0.1, 0.15) is 49.8 Å². The molecule has 138 valence electrons. The minimum Gasteiger partial charge on any atom is -0.402 e. The second kappa shape index (κ2) is 6.38. The first-order chi connectivity index (χ1) is 12.8. The first-order valence-corrected chi connectivity index (χ1v) is 9.31. The third-order valence-corrected chi connectivity index (χ3v) is 5.60. The number of rotatable bonds is 2. The molecule has 2 aromatic rings. The Morgan fingerprint density at radius 2 is 1.93 bits per heavy atom. The van der Waals surface area contributed by atoms with E-state index in [9.17, 15) is 4.79 Å². The molecule has 0 spiro atoms. The predicted molar refractivity (Wildman–Crippen MR) is 109 cm³/mol. The van der Waals surface area contributed by atoms with Crippen LogP contribution < -0.4 is 4.90 Å². The van der Waals surface area contributed by atoms with Gasteiger partial charge in [-0.25, -0.2) is 9.79 Å². The molecule has 2 aliphatic rings. The average molecular weight is 360 g/mol. The molecule has 0 saturated heterocycles. The molecular weight excluding hydrogens is 336 g/mol. The molecular formula is C23H24N2O2. The van der Waals surface area contributed by atoms with Crippen LogP contribution in [0.5, 0.6) is 0 Å². The van der Waals surface area contributed by atoms with E-state index in [1.54, 1.807) is 0 Å². The van der Waals surface area contributed by atoms with Crippen LogP contribution in [0.4, 0.5) is 5.69 Å². The molecule has 4 nitrogen and oxygen atoms in total. The van der Waals surface area contributed by atoms with Crippen molar-refractivity contribution in [2.45, 2.75) is 38.6 Å². The smallest absolute Gasteiger partial charge is 0.363 e. The Morgan fingerprint density at radius 3 is 2.67 bits per heavy atom. The number of carbonyl (C=O) groups is 1. The van der Waals surface area contributed by atoms with Gasteiger partial charge in [0.2, 0.25) is 5.90 Å². The molecule has 1 atom stereocenters. The highest BCUT2D eigenvalue weighted by atomic mass is 16.6. The zero-order valence-electron chi connectivity index (χ0n) is 16.2. The summed E-state index contributed by atoms with van der Waals surface area (Å²) in [5.74, 6) is 0.418. The Kier molecular flexibility index (Phi) is 4.14. The van der Waals surface area contributed by atoms with Gasteiger partial charge >= 0.3 is 5.97 Å². The van der Waals surface area contributed by atoms with Crippen molar-refractivity contribution in [3.05, 3.63) is 70.9 Å². The van der Waals surface area contributed by atoms with Gasteiger partial charge in [0.25, 0.3) is 0 Å². The SMILES string of the molecule is C[C@H]1CC(C)(C)N(C)c2ccc(/C=C3\N=C(c4ccccc4)OC3=O)cc21. The molecule has 2 aromatic carbocycles. The van der Waals surface area contributed by atoms with Crippen LogP contribution >= 0.6 is 0 Å². The van der Waals surface area contributed by atoms with Crippen LogP contribution in [0.2, 0.25) is 0 Å². The number of esters is 1. The van der Waals surface area contributed by atoms with Crippen molar-refractivity contribution in [1.29, 1.82) is 0 Å². The highest BCUT2D eigenvalue weighted by Gasteiger charge is 2.34. The van der Waals surface area contributed by atoms with Crippen molar-refractivity contribution in [1.82, 2.24) is 0 Å². The highest BCUT2D eigenvalue weighted by Crippen LogP contribution is 2.42. The quantitative estimate of drug-likeness (QED) is 0.573. The fourth-order valence-corrected chi connectivity index (χ4v) is 3.96. The number of cyclic esters (lactones) is 1. The van der Waals surface area contributed by atoms with E-state index in [0.29, 0.717) is 17.5 Å². The monoisotopic (exact) mass is 360 g/mol. The van der Waals surface area contributed by atoms with Gasteiger partial charge in [0.05, 0.1) is 0 Å². The molecule has 4 rings (SSSR count). The van der Waals surface area contributed by atoms with E-state index in [-0.39, 0.29) is 5.54 Å². The molecule has 0 bridgehead atoms. The molecule has 27 heavy (non-hydrogen) atoms. The average Bonchev–Trinajstić information content (AvgIpc) is 3.01. The number of benzene rings is 2. The molecule has 4 heteroatoms. The summed E-state index contributed by atoms with van der Waals surface area (Å²) in [5, 5.41) is 0. The molecule has 2 aliphatic heterocycles. The van der Waals surface area contributed by atoms with Crippen LogP contribution in [0.3, 0.4) is 0 Å². The van der Waals surface area contributed by atoms with E-state index in [1.165, 1.54) is 11.3 Å². The van der Waals surface area contributed by atoms with Gasteiger partial charge in [-0.05, 0) is 67.7 Å². The number of anilines is 1. The molecule has 0 aliphatic carbocycles. The third kappa shape index (κ3) is 3.16. The van der Waals surface area contributed by atoms with Gasteiger partial charge < -0.3 is 9.64 Å². The molecule has 0 aromatic heterocycles. The maximum absolute atomic E-state index is 12.2. The lowest BCUT2D eigenvalue weighted by Crippen LogP contribution is -2.45. The number of nitrogens with zero attached hydrogens (tertiary/aromatic N) is 2. The number of hydrogen-bond acceptors (Lipinski definition) is 4. The summed E-state index contributed by atoms with van der Waals surface area (Å²) in [6, 6.07) is 15.8. The summed E-state index contributed by atoms with van der Waals surface area (Å²) >= 11 is 0. The van der Waals surface area contributed by atoms with Gasteiger partial charge in [-0.15, -0.1) is 0 Å². The normalized spacial score (nSPS) is 22.4. The van der Waals surface area contributed by atoms with Crippen molar-refractivity contribution in [3.8, 4) is 0 Å². The molecule has 0 radical (unpaired) electrons. The highest BCUT2D eigenvalue weighted by molar-refractivity contribution is 6.12. The summed E-state index contributed by atoms with van der Waals surface area (Å²) in [4.78, 5) is 19.0. The molecule has 0 fully saturated rings. The van der Waals surface area contributed by atoms with E-state index in [2.05, 4.69) is 49.8 Å². The number of aliphatic imine (C=N–C) groups is 1. The van der Waals surface area contributed by atoms with E-state index in [0.717, 1.165) is 17.5 Å². The van der Waals surface area contributed by atoms with Gasteiger partial charge in [0, 0.05) is 23.8 Å². The Balaban J connectivity index is 1.68. The topological polar surface area (TPSA) is 41.9 Å². The van der Waals surface area contributed by atoms with Gasteiger partial charge in [-0.1, -0.05) is 31.2 Å². The first kappa shape index (κ1) is 17.5. The van der Waals surface area contributed by atoms with E-state index in [4.69, 9.17) is 4.74 Å². The van der Waals surface area contributed by atoms with Crippen LogP contribution in [-0.2, 0) is 9.53 Å². The zero-order valence-corrected chi connectivity index (χ0v) is 16.2. The third-order valence-electron chi connectivity index (χ3n) is 5.60. The van der Waals surface area contributed by atoms with Crippen molar-refractivity contribution in [3.63, 3.8) is 0 Å². The second-order valence-corrected chi connectivity index (χ2v) is 8.00. The maximum Gasteiger partial charge on any atom is 0.363 e. The van der Waals surface area contributed by atoms with E-state index in [1.807, 2.05) is 42.5 Å². The predicted octanol–water partition coefficient (Wildman–Crippen LogP) is 4.75. The summed E-state index contributed by atoms with van der Waals surface area (Å²) in [7, 11) is 2.15. The first-order valence-electron chi connectivity index (χ1n) is 9.31. The van der Waals surface area contributed by atoms with E-state index < -0.39 is 5.97 Å². The maximum atomic E-state index is 12.2. The zero-order chi connectivity index (χ0) is 19.2. The fourth-order valence-electron chi connectivity index (χ4n) is 3.96. The van der Waals surface area contributed by atoms with E-state index >= 15 is 0 Å². The molecule has 0 unspecified atom stereocenters. The van der Waals surface area contributed by atoms with Crippen molar-refractivity contribution < 1.29 is 9.53 Å². The molecule has 0 saturated carbocycles. The van der Waals surface area contributed by atoms with Crippen molar-refractivity contribution >= 4 is 23.6 Å². The van der Waals surface area contributed by atoms with Gasteiger partial charge in [0.1, 0.15) is 0 Å². The Labute approximate surface area is 160 Å². The number of ether oxygens (including phenoxy) is 1. The Hall–Kier alpha value is -2.88. The molecule has 0 amide bonds. The fraction of sp³-hybridized carbons (Fsp3) is 0.304. The standard InChI is InChI=1S/C23H24N2O2/c1-15-14-23(2,3)25(4)20-11-10-16(12-18(15)20)13-19-22(26)27-21(24-19)17-8-6-5-7-9-17/h5-13,15H,14H2,1-4H3/b19-13-/t15-/m0/s1. The van der Waals surface area contributed by atoms with Crippen LogP contribution in [0.25, 0.3) is 6.08 Å². The largest absolute Gasteiger partial charge is 0.402 e. The lowest BCUT2D eigenvalue weighted by molar-refractivity contribution is -0.129. The summed E-state index contributed by atoms with van der Waals surface area (Å²) in [6.45, 7) is 6.81. The summed E-state index contributed by atoms with van der Waals surface area (Å²) < 4.78 is 5.34. The number of fused-ring (bicyclic) bond motifs is 1. The summed E-state index contributed by atoms with van der Waals surface area (Å²) in [6.07, 6.45) is 2.90. The van der Waals surface area contributed by atoms with Crippen molar-refractivity contribution in [2.24, 2.45) is 4.99 Å². The molecule has 2 heterocycles. The lowest BCUT2D eigenvalue weighted by atomic mass is 9.80. The van der Waals surface area contributed by atoms with Gasteiger partial charge in [-0.2, -0.15) is 0 Å². The minimum atomic E-state index is -0.405. The summed E-state index contributed by atoms with van der Waals surface area (Å²) in [5.41, 5.74) is 4.81. The van der Waals surface area contributed by atoms with Crippen molar-refractivity contribution in [2.75, 3.05) is 11.9 Å². The minimum absolute atomic E-state index is 0.135. The number of hydrogen-bond donors (Lipinski definition) is 0. The second-order valence-electron chi connectivity index (χ2n) is 8.00. The number of carbonyl (C=O) groups excluding carboxylic acids is 1. The van der Waals surface area contributed by atoms with Crippen LogP contribution in [0.15, 0.2) is 59.2 Å². The van der Waals surface area contributed by atoms with Crippen LogP contribution in [-0.4, -0.2) is 24.5 Å². The lowest BCUT2D eigenvalue weighted by Gasteiger charge is -2.45. The molecule has 0 N–H and O–H groups in total. The van der Waals surface area contributed by atoms with Gasteiger partial charge in [0.15, 0.2) is 5.70 Å². The Morgan fingerprint density at radius 1 is 1.19 bits per heavy atom. The van der Waals surface area contributed by atoms with Crippen LogP contribution in [0, 0.1) is 0 Å². The van der Waals surface area contributed by atoms with Gasteiger partial charge in [-0.3, -0.25) is 0 Å².